The van der Waals surface area contributed by atoms with Crippen LogP contribution in [0.4, 0.5) is 10.5 Å². The molecule has 116 valence electrons. The first-order chi connectivity index (χ1) is 10.5. The number of rotatable bonds is 3. The maximum atomic E-state index is 11.1. The van der Waals surface area contributed by atoms with Gasteiger partial charge in [0.1, 0.15) is 11.8 Å². The van der Waals surface area contributed by atoms with E-state index in [-0.39, 0.29) is 0 Å². The zero-order chi connectivity index (χ0) is 16.1. The van der Waals surface area contributed by atoms with Crippen LogP contribution < -0.4 is 20.7 Å². The number of nitrogens with one attached hydrogen (secondary N) is 1. The Labute approximate surface area is 130 Å². The zero-order valence-electron chi connectivity index (χ0n) is 12.8. The van der Waals surface area contributed by atoms with Crippen LogP contribution in [-0.4, -0.2) is 32.3 Å². The number of hydrogen-bond donors (Lipinski definition) is 2. The predicted octanol–water partition coefficient (Wildman–Crippen LogP) is 1.85. The Kier molecular flexibility index (Phi) is 5.02. The number of piperazine rings is 1. The Morgan fingerprint density at radius 3 is 2.64 bits per heavy atom. The predicted molar refractivity (Wildman–Crippen MR) is 85.8 cm³/mol. The number of primary amides is 1. The van der Waals surface area contributed by atoms with E-state index in [1.807, 2.05) is 26.0 Å². The van der Waals surface area contributed by atoms with Crippen molar-refractivity contribution in [3.63, 3.8) is 0 Å². The minimum atomic E-state index is -0.887. The number of anilines is 1. The van der Waals surface area contributed by atoms with Crippen molar-refractivity contribution >= 4 is 17.9 Å². The first-order valence-electron chi connectivity index (χ1n) is 7.17. The molecule has 0 spiro atoms. The van der Waals surface area contributed by atoms with Crippen molar-refractivity contribution in [3.05, 3.63) is 28.8 Å². The molecule has 0 aromatic heterocycles. The van der Waals surface area contributed by atoms with E-state index in [2.05, 4.69) is 16.3 Å². The highest BCUT2D eigenvalue weighted by molar-refractivity contribution is 5.75. The summed E-state index contributed by atoms with van der Waals surface area (Å²) in [7, 11) is 0. The van der Waals surface area contributed by atoms with Crippen LogP contribution >= 0.6 is 0 Å². The largest absolute Gasteiger partial charge is 0.410 e. The molecule has 1 amide bonds. The highest BCUT2D eigenvalue weighted by Crippen LogP contribution is 2.31. The van der Waals surface area contributed by atoms with E-state index >= 15 is 0 Å². The summed E-state index contributed by atoms with van der Waals surface area (Å²) in [6.07, 6.45) is 1.02. The molecule has 1 aromatic carbocycles. The molecule has 6 nitrogen and oxygen atoms in total. The standard InChI is InChI=1S/C16H20N4O2/c1-11(2)7-12-8-14(20-5-3-19-4-6-20)13(10-17)9-15(12)22-16(18)21/h7-9,19H,3-6H2,1-2H3,(H2,18,21). The molecule has 3 N–H and O–H groups in total. The fourth-order valence-corrected chi connectivity index (χ4v) is 2.46. The van der Waals surface area contributed by atoms with Gasteiger partial charge < -0.3 is 20.7 Å². The van der Waals surface area contributed by atoms with Crippen molar-refractivity contribution in [2.75, 3.05) is 31.1 Å². The molecule has 0 bridgehead atoms. The molecule has 1 saturated heterocycles. The van der Waals surface area contributed by atoms with Crippen LogP contribution in [0.25, 0.3) is 6.08 Å². The molecule has 0 saturated carbocycles. The van der Waals surface area contributed by atoms with E-state index in [9.17, 15) is 10.1 Å². The number of carbonyl (C=O) groups is 1. The number of nitriles is 1. The lowest BCUT2D eigenvalue weighted by Gasteiger charge is -2.30. The van der Waals surface area contributed by atoms with Gasteiger partial charge in [0, 0.05) is 37.8 Å². The van der Waals surface area contributed by atoms with Crippen molar-refractivity contribution in [2.24, 2.45) is 5.73 Å². The number of nitrogens with zero attached hydrogens (tertiary/aromatic N) is 2. The molecular weight excluding hydrogens is 280 g/mol. The van der Waals surface area contributed by atoms with Crippen LogP contribution in [0.1, 0.15) is 25.0 Å². The van der Waals surface area contributed by atoms with Gasteiger partial charge in [0.15, 0.2) is 0 Å². The number of amides is 1. The van der Waals surface area contributed by atoms with Crippen LogP contribution in [0.3, 0.4) is 0 Å². The number of nitrogens with two attached hydrogens (primary N) is 1. The SMILES string of the molecule is CC(C)=Cc1cc(N2CCNCC2)c(C#N)cc1OC(N)=O. The summed E-state index contributed by atoms with van der Waals surface area (Å²) in [5.74, 6) is 0.309. The molecule has 0 atom stereocenters. The van der Waals surface area contributed by atoms with Gasteiger partial charge in [-0.25, -0.2) is 4.79 Å². The van der Waals surface area contributed by atoms with Gasteiger partial charge in [-0.2, -0.15) is 5.26 Å². The number of ether oxygens (including phenoxy) is 1. The Hall–Kier alpha value is -2.52. The summed E-state index contributed by atoms with van der Waals surface area (Å²) in [6, 6.07) is 5.64. The summed E-state index contributed by atoms with van der Waals surface area (Å²) >= 11 is 0. The third kappa shape index (κ3) is 3.77. The van der Waals surface area contributed by atoms with Gasteiger partial charge in [-0.05, 0) is 19.9 Å². The molecule has 1 fully saturated rings. The van der Waals surface area contributed by atoms with Crippen molar-refractivity contribution in [3.8, 4) is 11.8 Å². The van der Waals surface area contributed by atoms with Crippen molar-refractivity contribution in [1.29, 1.82) is 5.26 Å². The van der Waals surface area contributed by atoms with Gasteiger partial charge in [0.05, 0.1) is 11.3 Å². The normalized spacial score (nSPS) is 14.1. The number of benzene rings is 1. The van der Waals surface area contributed by atoms with E-state index in [0.717, 1.165) is 43.0 Å². The maximum absolute atomic E-state index is 11.1. The summed E-state index contributed by atoms with van der Waals surface area (Å²) in [6.45, 7) is 7.33. The molecule has 0 radical (unpaired) electrons. The van der Waals surface area contributed by atoms with E-state index in [1.54, 1.807) is 6.07 Å². The van der Waals surface area contributed by atoms with Crippen LogP contribution in [0.2, 0.25) is 0 Å². The molecule has 1 aromatic rings. The van der Waals surface area contributed by atoms with Crippen LogP contribution in [-0.2, 0) is 0 Å². The summed E-state index contributed by atoms with van der Waals surface area (Å²) in [5, 5.41) is 12.7. The van der Waals surface area contributed by atoms with Gasteiger partial charge >= 0.3 is 6.09 Å². The fraction of sp³-hybridized carbons (Fsp3) is 0.375. The average molecular weight is 300 g/mol. The second-order valence-electron chi connectivity index (χ2n) is 5.40. The van der Waals surface area contributed by atoms with E-state index in [0.29, 0.717) is 11.3 Å². The minimum Gasteiger partial charge on any atom is -0.410 e. The van der Waals surface area contributed by atoms with Crippen molar-refractivity contribution < 1.29 is 9.53 Å². The smallest absolute Gasteiger partial charge is 0.409 e. The highest BCUT2D eigenvalue weighted by atomic mass is 16.5. The second-order valence-corrected chi connectivity index (χ2v) is 5.40. The summed E-state index contributed by atoms with van der Waals surface area (Å²) in [4.78, 5) is 13.2. The molecule has 0 unspecified atom stereocenters. The lowest BCUT2D eigenvalue weighted by molar-refractivity contribution is 0.211. The molecule has 6 heteroatoms. The zero-order valence-corrected chi connectivity index (χ0v) is 12.8. The number of carbonyl (C=O) groups excluding carboxylic acids is 1. The third-order valence-corrected chi connectivity index (χ3v) is 3.36. The maximum Gasteiger partial charge on any atom is 0.409 e. The lowest BCUT2D eigenvalue weighted by atomic mass is 10.0. The second kappa shape index (κ2) is 6.96. The topological polar surface area (TPSA) is 91.4 Å². The van der Waals surface area contributed by atoms with Crippen LogP contribution in [0.5, 0.6) is 5.75 Å². The molecule has 22 heavy (non-hydrogen) atoms. The van der Waals surface area contributed by atoms with E-state index in [1.165, 1.54) is 0 Å². The monoisotopic (exact) mass is 300 g/mol. The van der Waals surface area contributed by atoms with Gasteiger partial charge in [-0.1, -0.05) is 11.6 Å². The number of allylic oxidation sites excluding steroid dienone is 1. The van der Waals surface area contributed by atoms with E-state index in [4.69, 9.17) is 10.5 Å². The van der Waals surface area contributed by atoms with Gasteiger partial charge in [0.25, 0.3) is 0 Å². The summed E-state index contributed by atoms with van der Waals surface area (Å²) < 4.78 is 5.04. The molecule has 1 aliphatic heterocycles. The van der Waals surface area contributed by atoms with Gasteiger partial charge in [-0.3, -0.25) is 0 Å². The number of hydrogen-bond acceptors (Lipinski definition) is 5. The first kappa shape index (κ1) is 15.9. The molecular formula is C16H20N4O2. The molecule has 0 aliphatic carbocycles. The Morgan fingerprint density at radius 2 is 2.09 bits per heavy atom. The van der Waals surface area contributed by atoms with E-state index < -0.39 is 6.09 Å². The van der Waals surface area contributed by atoms with Crippen molar-refractivity contribution in [1.82, 2.24) is 5.32 Å². The highest BCUT2D eigenvalue weighted by Gasteiger charge is 2.18. The fourth-order valence-electron chi connectivity index (χ4n) is 2.46. The molecule has 2 rings (SSSR count). The molecule has 1 heterocycles. The van der Waals surface area contributed by atoms with Crippen molar-refractivity contribution in [2.45, 2.75) is 13.8 Å². The third-order valence-electron chi connectivity index (χ3n) is 3.36. The van der Waals surface area contributed by atoms with Crippen LogP contribution in [0, 0.1) is 11.3 Å². The Bertz CT molecular complexity index is 636. The average Bonchev–Trinajstić information content (AvgIpc) is 2.48. The Balaban J connectivity index is 2.51. The molecule has 1 aliphatic rings. The first-order valence-corrected chi connectivity index (χ1v) is 7.17. The van der Waals surface area contributed by atoms with Crippen LogP contribution in [0.15, 0.2) is 17.7 Å². The van der Waals surface area contributed by atoms with Gasteiger partial charge in [-0.15, -0.1) is 0 Å². The Morgan fingerprint density at radius 1 is 1.41 bits per heavy atom. The lowest BCUT2D eigenvalue weighted by Crippen LogP contribution is -2.43. The van der Waals surface area contributed by atoms with Gasteiger partial charge in [0.2, 0.25) is 0 Å². The minimum absolute atomic E-state index is 0.309. The quantitative estimate of drug-likeness (QED) is 0.889. The summed E-state index contributed by atoms with van der Waals surface area (Å²) in [5.41, 5.74) is 8.25.